The van der Waals surface area contributed by atoms with Crippen LogP contribution in [0.3, 0.4) is 0 Å². The Morgan fingerprint density at radius 3 is 2.76 bits per heavy atom. The number of nitrogens with zero attached hydrogens (tertiary/aromatic N) is 4. The third kappa shape index (κ3) is 4.46. The summed E-state index contributed by atoms with van der Waals surface area (Å²) in [5, 5.41) is 28.5. The topological polar surface area (TPSA) is 126 Å². The summed E-state index contributed by atoms with van der Waals surface area (Å²) in [4.78, 5) is 19.3. The Balaban J connectivity index is 1.68. The maximum atomic E-state index is 11.6. The summed E-state index contributed by atoms with van der Waals surface area (Å²) in [5.74, 6) is 0.0859. The van der Waals surface area contributed by atoms with Crippen molar-refractivity contribution in [2.75, 3.05) is 17.7 Å². The second kappa shape index (κ2) is 9.38. The molecule has 0 aliphatic heterocycles. The van der Waals surface area contributed by atoms with E-state index in [1.807, 2.05) is 18.2 Å². The van der Waals surface area contributed by atoms with Crippen molar-refractivity contribution < 1.29 is 9.66 Å². The number of methoxy groups -OCH3 is 1. The molecule has 0 atom stereocenters. The molecule has 0 unspecified atom stereocenters. The first-order valence-corrected chi connectivity index (χ1v) is 10.1. The molecular weight excluding hydrogens is 444 g/mol. The SMILES string of the molecule is COc1ccc2c(Nc3ccc(NCc4cccnc4)c(Cl)c3)c(C#N)cnc2c1[N+](=O)[O-]. The molecule has 164 valence electrons. The average Bonchev–Trinajstić information content (AvgIpc) is 2.83. The Hall–Kier alpha value is -4.42. The summed E-state index contributed by atoms with van der Waals surface area (Å²) in [7, 11) is 1.35. The first-order chi connectivity index (χ1) is 16.0. The van der Waals surface area contributed by atoms with Gasteiger partial charge in [-0.25, -0.2) is 4.98 Å². The van der Waals surface area contributed by atoms with Gasteiger partial charge >= 0.3 is 5.69 Å². The molecule has 4 rings (SSSR count). The second-order valence-corrected chi connectivity index (χ2v) is 7.37. The molecule has 0 radical (unpaired) electrons. The number of fused-ring (bicyclic) bond motifs is 1. The molecule has 0 saturated carbocycles. The molecule has 2 N–H and O–H groups in total. The minimum atomic E-state index is -0.552. The highest BCUT2D eigenvalue weighted by atomic mass is 35.5. The lowest BCUT2D eigenvalue weighted by Crippen LogP contribution is -2.02. The van der Waals surface area contributed by atoms with E-state index in [4.69, 9.17) is 16.3 Å². The molecular formula is C23H17ClN6O3. The molecule has 33 heavy (non-hydrogen) atoms. The number of halogens is 1. The van der Waals surface area contributed by atoms with Crippen LogP contribution >= 0.6 is 11.6 Å². The van der Waals surface area contributed by atoms with Crippen LogP contribution in [0.25, 0.3) is 10.9 Å². The summed E-state index contributed by atoms with van der Waals surface area (Å²) in [6.45, 7) is 0.555. The number of nitro benzene ring substituents is 1. The minimum absolute atomic E-state index is 0.0859. The van der Waals surface area contributed by atoms with Gasteiger partial charge in [0.1, 0.15) is 6.07 Å². The van der Waals surface area contributed by atoms with Crippen LogP contribution in [0, 0.1) is 21.4 Å². The summed E-state index contributed by atoms with van der Waals surface area (Å²) >= 11 is 6.46. The van der Waals surface area contributed by atoms with Gasteiger partial charge in [0.15, 0.2) is 11.3 Å². The molecule has 0 aliphatic rings. The van der Waals surface area contributed by atoms with E-state index in [9.17, 15) is 15.4 Å². The Bertz CT molecular complexity index is 1390. The van der Waals surface area contributed by atoms with E-state index >= 15 is 0 Å². The molecule has 4 aromatic rings. The maximum Gasteiger partial charge on any atom is 0.336 e. The summed E-state index contributed by atoms with van der Waals surface area (Å²) in [6.07, 6.45) is 4.77. The van der Waals surface area contributed by atoms with E-state index in [0.717, 1.165) is 11.3 Å². The van der Waals surface area contributed by atoms with Crippen molar-refractivity contribution in [1.82, 2.24) is 9.97 Å². The van der Waals surface area contributed by atoms with Crippen LogP contribution in [0.2, 0.25) is 5.02 Å². The number of nitro groups is 1. The number of nitrogens with one attached hydrogen (secondary N) is 2. The number of pyridine rings is 2. The quantitative estimate of drug-likeness (QED) is 0.276. The molecule has 2 aromatic carbocycles. The van der Waals surface area contributed by atoms with Gasteiger partial charge in [0.2, 0.25) is 0 Å². The first kappa shape index (κ1) is 21.8. The monoisotopic (exact) mass is 460 g/mol. The lowest BCUT2D eigenvalue weighted by Gasteiger charge is -2.14. The molecule has 10 heteroatoms. The van der Waals surface area contributed by atoms with Gasteiger partial charge in [-0.1, -0.05) is 17.7 Å². The fraction of sp³-hybridized carbons (Fsp3) is 0.0870. The highest BCUT2D eigenvalue weighted by Crippen LogP contribution is 2.39. The molecule has 0 aliphatic carbocycles. The van der Waals surface area contributed by atoms with Gasteiger partial charge in [-0.3, -0.25) is 15.1 Å². The molecule has 9 nitrogen and oxygen atoms in total. The van der Waals surface area contributed by atoms with Crippen LogP contribution in [0.5, 0.6) is 5.75 Å². The van der Waals surface area contributed by atoms with E-state index in [-0.39, 0.29) is 22.5 Å². The smallest absolute Gasteiger partial charge is 0.336 e. The number of ether oxygens (including phenoxy) is 1. The Morgan fingerprint density at radius 2 is 2.09 bits per heavy atom. The fourth-order valence-corrected chi connectivity index (χ4v) is 3.62. The van der Waals surface area contributed by atoms with Crippen LogP contribution < -0.4 is 15.4 Å². The molecule has 0 amide bonds. The number of aromatic nitrogens is 2. The van der Waals surface area contributed by atoms with E-state index in [1.54, 1.807) is 30.6 Å². The minimum Gasteiger partial charge on any atom is -0.490 e. The molecule has 0 saturated heterocycles. The van der Waals surface area contributed by atoms with Crippen molar-refractivity contribution in [3.05, 3.63) is 87.3 Å². The zero-order chi connectivity index (χ0) is 23.4. The normalized spacial score (nSPS) is 10.5. The van der Waals surface area contributed by atoms with Gasteiger partial charge in [-0.2, -0.15) is 5.26 Å². The number of hydrogen-bond donors (Lipinski definition) is 2. The van der Waals surface area contributed by atoms with Crippen molar-refractivity contribution in [1.29, 1.82) is 5.26 Å². The lowest BCUT2D eigenvalue weighted by atomic mass is 10.1. The summed E-state index contributed by atoms with van der Waals surface area (Å²) in [6, 6.07) is 14.3. The largest absolute Gasteiger partial charge is 0.490 e. The third-order valence-electron chi connectivity index (χ3n) is 4.94. The van der Waals surface area contributed by atoms with Crippen LogP contribution in [-0.4, -0.2) is 22.0 Å². The summed E-state index contributed by atoms with van der Waals surface area (Å²) in [5.41, 5.74) is 2.81. The van der Waals surface area contributed by atoms with Crippen molar-refractivity contribution in [3.8, 4) is 11.8 Å². The average molecular weight is 461 g/mol. The lowest BCUT2D eigenvalue weighted by molar-refractivity contribution is -0.384. The number of benzene rings is 2. The predicted molar refractivity (Wildman–Crippen MR) is 126 cm³/mol. The van der Waals surface area contributed by atoms with Crippen LogP contribution in [0.4, 0.5) is 22.7 Å². The predicted octanol–water partition coefficient (Wildman–Crippen LogP) is 5.43. The van der Waals surface area contributed by atoms with Gasteiger partial charge < -0.3 is 15.4 Å². The zero-order valence-corrected chi connectivity index (χ0v) is 18.1. The zero-order valence-electron chi connectivity index (χ0n) is 17.4. The Labute approximate surface area is 193 Å². The van der Waals surface area contributed by atoms with Crippen LogP contribution in [0.15, 0.2) is 61.1 Å². The van der Waals surface area contributed by atoms with Gasteiger partial charge in [0, 0.05) is 36.2 Å². The van der Waals surface area contributed by atoms with E-state index < -0.39 is 4.92 Å². The fourth-order valence-electron chi connectivity index (χ4n) is 3.37. The maximum absolute atomic E-state index is 11.6. The van der Waals surface area contributed by atoms with E-state index in [0.29, 0.717) is 28.3 Å². The molecule has 0 spiro atoms. The number of anilines is 3. The van der Waals surface area contributed by atoms with Gasteiger partial charge in [0.25, 0.3) is 0 Å². The number of rotatable bonds is 7. The van der Waals surface area contributed by atoms with Crippen molar-refractivity contribution in [2.45, 2.75) is 6.54 Å². The second-order valence-electron chi connectivity index (χ2n) is 6.96. The van der Waals surface area contributed by atoms with E-state index in [2.05, 4.69) is 26.7 Å². The highest BCUT2D eigenvalue weighted by molar-refractivity contribution is 6.33. The van der Waals surface area contributed by atoms with Crippen LogP contribution in [-0.2, 0) is 6.54 Å². The molecule has 2 aromatic heterocycles. The van der Waals surface area contributed by atoms with Gasteiger partial charge in [-0.15, -0.1) is 0 Å². The summed E-state index contributed by atoms with van der Waals surface area (Å²) < 4.78 is 5.12. The number of nitriles is 1. The van der Waals surface area contributed by atoms with Gasteiger partial charge in [-0.05, 0) is 42.0 Å². The highest BCUT2D eigenvalue weighted by Gasteiger charge is 2.23. The molecule has 0 bridgehead atoms. The third-order valence-corrected chi connectivity index (χ3v) is 5.26. The Morgan fingerprint density at radius 1 is 1.24 bits per heavy atom. The van der Waals surface area contributed by atoms with Crippen molar-refractivity contribution in [3.63, 3.8) is 0 Å². The molecule has 0 fully saturated rings. The van der Waals surface area contributed by atoms with E-state index in [1.165, 1.54) is 19.4 Å². The first-order valence-electron chi connectivity index (χ1n) is 9.75. The van der Waals surface area contributed by atoms with Gasteiger partial charge in [0.05, 0.1) is 34.0 Å². The Kier molecular flexibility index (Phi) is 6.20. The number of hydrogen-bond acceptors (Lipinski definition) is 8. The molecule has 2 heterocycles. The van der Waals surface area contributed by atoms with Crippen LogP contribution in [0.1, 0.15) is 11.1 Å². The standard InChI is InChI=1S/C23H17ClN6O3/c1-33-20-7-5-17-21(15(10-25)13-28-22(17)23(20)30(31)32)29-16-4-6-19(18(24)9-16)27-12-14-3-2-8-26-11-14/h2-9,11,13,27H,12H2,1H3,(H,28,29). The van der Waals surface area contributed by atoms with Crippen molar-refractivity contribution in [2.24, 2.45) is 0 Å². The van der Waals surface area contributed by atoms with Crippen molar-refractivity contribution >= 4 is 45.3 Å².